The van der Waals surface area contributed by atoms with E-state index in [1.54, 1.807) is 0 Å². The Morgan fingerprint density at radius 2 is 1.64 bits per heavy atom. The molecule has 0 aliphatic carbocycles. The third-order valence-corrected chi connectivity index (χ3v) is 2.91. The summed E-state index contributed by atoms with van der Waals surface area (Å²) in [6, 6.07) is 7.40. The van der Waals surface area contributed by atoms with Crippen molar-refractivity contribution in [3.8, 4) is 0 Å². The van der Waals surface area contributed by atoms with Gasteiger partial charge in [0.1, 0.15) is 23.1 Å². The molecular formula is C15H13F3N2O2. The molecule has 7 heteroatoms. The standard InChI is InChI=1S/C15H13F3N2O2/c16-10-6-4-9(5-7-10)13(21)8-19-15(22)20-14-11(17)2-1-3-12(14)18/h1-7,13,21H,8H2,(H2,19,20,22). The van der Waals surface area contributed by atoms with Crippen molar-refractivity contribution in [3.63, 3.8) is 0 Å². The van der Waals surface area contributed by atoms with Crippen LogP contribution in [-0.4, -0.2) is 17.7 Å². The molecule has 22 heavy (non-hydrogen) atoms. The predicted octanol–water partition coefficient (Wildman–Crippen LogP) is 2.96. The number of benzene rings is 2. The molecule has 0 saturated heterocycles. The number of aliphatic hydroxyl groups is 1. The van der Waals surface area contributed by atoms with E-state index in [0.29, 0.717) is 5.56 Å². The SMILES string of the molecule is O=C(NCC(O)c1ccc(F)cc1)Nc1c(F)cccc1F. The van der Waals surface area contributed by atoms with Gasteiger partial charge in [0.05, 0.1) is 6.10 Å². The molecule has 0 aliphatic rings. The van der Waals surface area contributed by atoms with E-state index < -0.39 is 35.3 Å². The van der Waals surface area contributed by atoms with E-state index in [2.05, 4.69) is 5.32 Å². The maximum Gasteiger partial charge on any atom is 0.319 e. The number of aliphatic hydroxyl groups excluding tert-OH is 1. The first-order valence-electron chi connectivity index (χ1n) is 6.40. The zero-order chi connectivity index (χ0) is 16.1. The Hall–Kier alpha value is -2.54. The first-order chi connectivity index (χ1) is 10.5. The molecule has 3 N–H and O–H groups in total. The van der Waals surface area contributed by atoms with Crippen molar-refractivity contribution in [2.75, 3.05) is 11.9 Å². The van der Waals surface area contributed by atoms with Gasteiger partial charge in [-0.3, -0.25) is 0 Å². The van der Waals surface area contributed by atoms with E-state index in [-0.39, 0.29) is 6.54 Å². The van der Waals surface area contributed by atoms with Gasteiger partial charge in [0.15, 0.2) is 0 Å². The molecule has 2 amide bonds. The zero-order valence-electron chi connectivity index (χ0n) is 11.3. The second kappa shape index (κ2) is 6.95. The van der Waals surface area contributed by atoms with Crippen LogP contribution in [0.5, 0.6) is 0 Å². The molecule has 0 spiro atoms. The number of hydrogen-bond acceptors (Lipinski definition) is 2. The highest BCUT2D eigenvalue weighted by Gasteiger charge is 2.13. The van der Waals surface area contributed by atoms with Gasteiger partial charge in [-0.1, -0.05) is 18.2 Å². The maximum absolute atomic E-state index is 13.3. The average molecular weight is 310 g/mol. The second-order valence-electron chi connectivity index (χ2n) is 4.50. The first-order valence-corrected chi connectivity index (χ1v) is 6.40. The van der Waals surface area contributed by atoms with Gasteiger partial charge < -0.3 is 15.7 Å². The zero-order valence-corrected chi connectivity index (χ0v) is 11.3. The number of anilines is 1. The number of hydrogen-bond donors (Lipinski definition) is 3. The van der Waals surface area contributed by atoms with Crippen LogP contribution in [0.15, 0.2) is 42.5 Å². The second-order valence-corrected chi connectivity index (χ2v) is 4.50. The van der Waals surface area contributed by atoms with Crippen LogP contribution in [-0.2, 0) is 0 Å². The smallest absolute Gasteiger partial charge is 0.319 e. The maximum atomic E-state index is 13.3. The van der Waals surface area contributed by atoms with Crippen LogP contribution >= 0.6 is 0 Å². The van der Waals surface area contributed by atoms with Crippen LogP contribution in [0.1, 0.15) is 11.7 Å². The Morgan fingerprint density at radius 3 is 2.23 bits per heavy atom. The fourth-order valence-corrected chi connectivity index (χ4v) is 1.77. The summed E-state index contributed by atoms with van der Waals surface area (Å²) in [7, 11) is 0. The van der Waals surface area contributed by atoms with Gasteiger partial charge in [0, 0.05) is 6.54 Å². The van der Waals surface area contributed by atoms with E-state index in [1.807, 2.05) is 5.32 Å². The summed E-state index contributed by atoms with van der Waals surface area (Å²) in [5.74, 6) is -2.26. The minimum absolute atomic E-state index is 0.201. The Bertz CT molecular complexity index is 642. The highest BCUT2D eigenvalue weighted by molar-refractivity contribution is 5.89. The van der Waals surface area contributed by atoms with Crippen LogP contribution in [0.3, 0.4) is 0 Å². The summed E-state index contributed by atoms with van der Waals surface area (Å²) in [4.78, 5) is 11.6. The molecule has 2 aromatic carbocycles. The summed E-state index contributed by atoms with van der Waals surface area (Å²) >= 11 is 0. The number of para-hydroxylation sites is 1. The molecular weight excluding hydrogens is 297 g/mol. The molecule has 2 aromatic rings. The van der Waals surface area contributed by atoms with Crippen LogP contribution < -0.4 is 10.6 Å². The third kappa shape index (κ3) is 3.98. The molecule has 0 saturated carbocycles. The van der Waals surface area contributed by atoms with Crippen molar-refractivity contribution >= 4 is 11.7 Å². The number of nitrogens with one attached hydrogen (secondary N) is 2. The minimum Gasteiger partial charge on any atom is -0.387 e. The lowest BCUT2D eigenvalue weighted by atomic mass is 10.1. The number of rotatable bonds is 4. The number of carbonyl (C=O) groups excluding carboxylic acids is 1. The fourth-order valence-electron chi connectivity index (χ4n) is 1.77. The van der Waals surface area contributed by atoms with Crippen molar-refractivity contribution in [2.45, 2.75) is 6.10 Å². The minimum atomic E-state index is -1.07. The molecule has 2 rings (SSSR count). The Labute approximate surface area is 124 Å². The average Bonchev–Trinajstić information content (AvgIpc) is 2.49. The van der Waals surface area contributed by atoms with Crippen LogP contribution in [0.25, 0.3) is 0 Å². The van der Waals surface area contributed by atoms with E-state index >= 15 is 0 Å². The summed E-state index contributed by atoms with van der Waals surface area (Å²) in [5, 5.41) is 14.1. The summed E-state index contributed by atoms with van der Waals surface area (Å²) in [5.41, 5.74) is -0.171. The highest BCUT2D eigenvalue weighted by atomic mass is 19.1. The van der Waals surface area contributed by atoms with Gasteiger partial charge in [0.2, 0.25) is 0 Å². The quantitative estimate of drug-likeness (QED) is 0.813. The molecule has 0 heterocycles. The van der Waals surface area contributed by atoms with Crippen molar-refractivity contribution in [1.29, 1.82) is 0 Å². The topological polar surface area (TPSA) is 61.4 Å². The monoisotopic (exact) mass is 310 g/mol. The molecule has 0 aliphatic heterocycles. The molecule has 0 fully saturated rings. The van der Waals surface area contributed by atoms with E-state index in [1.165, 1.54) is 30.3 Å². The molecule has 4 nitrogen and oxygen atoms in total. The van der Waals surface area contributed by atoms with Gasteiger partial charge in [-0.15, -0.1) is 0 Å². The lowest BCUT2D eigenvalue weighted by molar-refractivity contribution is 0.175. The number of halogens is 3. The van der Waals surface area contributed by atoms with Gasteiger partial charge in [0.25, 0.3) is 0 Å². The van der Waals surface area contributed by atoms with Crippen molar-refractivity contribution < 1.29 is 23.1 Å². The normalized spacial score (nSPS) is 11.8. The summed E-state index contributed by atoms with van der Waals surface area (Å²) in [6.07, 6.45) is -1.07. The highest BCUT2D eigenvalue weighted by Crippen LogP contribution is 2.18. The summed E-state index contributed by atoms with van der Waals surface area (Å²) < 4.78 is 39.4. The predicted molar refractivity (Wildman–Crippen MR) is 74.7 cm³/mol. The summed E-state index contributed by atoms with van der Waals surface area (Å²) in [6.45, 7) is -0.201. The fraction of sp³-hybridized carbons (Fsp3) is 0.133. The van der Waals surface area contributed by atoms with Crippen molar-refractivity contribution in [3.05, 3.63) is 65.5 Å². The van der Waals surface area contributed by atoms with Crippen molar-refractivity contribution in [2.24, 2.45) is 0 Å². The first kappa shape index (κ1) is 15.8. The van der Waals surface area contributed by atoms with E-state index in [9.17, 15) is 23.1 Å². The Kier molecular flexibility index (Phi) is 5.00. The van der Waals surface area contributed by atoms with Crippen LogP contribution in [0.4, 0.5) is 23.7 Å². The lowest BCUT2D eigenvalue weighted by Crippen LogP contribution is -2.33. The van der Waals surface area contributed by atoms with E-state index in [4.69, 9.17) is 0 Å². The number of carbonyl (C=O) groups is 1. The molecule has 0 aromatic heterocycles. The lowest BCUT2D eigenvalue weighted by Gasteiger charge is -2.13. The van der Waals surface area contributed by atoms with Gasteiger partial charge >= 0.3 is 6.03 Å². The number of amides is 2. The molecule has 1 atom stereocenters. The van der Waals surface area contributed by atoms with Gasteiger partial charge in [-0.25, -0.2) is 18.0 Å². The largest absolute Gasteiger partial charge is 0.387 e. The third-order valence-electron chi connectivity index (χ3n) is 2.91. The number of urea groups is 1. The van der Waals surface area contributed by atoms with Crippen LogP contribution in [0, 0.1) is 17.5 Å². The Morgan fingerprint density at radius 1 is 1.05 bits per heavy atom. The van der Waals surface area contributed by atoms with Crippen molar-refractivity contribution in [1.82, 2.24) is 5.32 Å². The van der Waals surface area contributed by atoms with Crippen LogP contribution in [0.2, 0.25) is 0 Å². The van der Waals surface area contributed by atoms with Gasteiger partial charge in [-0.05, 0) is 29.8 Å². The molecule has 0 bridgehead atoms. The molecule has 0 radical (unpaired) electrons. The Balaban J connectivity index is 1.91. The molecule has 116 valence electrons. The van der Waals surface area contributed by atoms with E-state index in [0.717, 1.165) is 12.1 Å². The molecule has 1 unspecified atom stereocenters. The van der Waals surface area contributed by atoms with Gasteiger partial charge in [-0.2, -0.15) is 0 Å².